The van der Waals surface area contributed by atoms with Crippen molar-refractivity contribution < 1.29 is 55.4 Å². The van der Waals surface area contributed by atoms with E-state index in [1.807, 2.05) is 0 Å². The molecule has 0 unspecified atom stereocenters. The zero-order chi connectivity index (χ0) is 23.3. The molecule has 2 heterocycles. The van der Waals surface area contributed by atoms with Crippen LogP contribution in [0.1, 0.15) is 28.9 Å². The van der Waals surface area contributed by atoms with E-state index in [0.717, 1.165) is 6.07 Å². The summed E-state index contributed by atoms with van der Waals surface area (Å²) in [5.74, 6) is -1.89. The topological polar surface area (TPSA) is 201 Å². The maximum atomic E-state index is 10.6. The van der Waals surface area contributed by atoms with Crippen LogP contribution < -0.4 is 4.74 Å². The predicted molar refractivity (Wildman–Crippen MR) is 105 cm³/mol. The molecule has 32 heavy (non-hydrogen) atoms. The minimum absolute atomic E-state index is 0.0986. The molecule has 2 aliphatic heterocycles. The number of benzene rings is 2. The lowest BCUT2D eigenvalue weighted by Gasteiger charge is -2.42. The Morgan fingerprint density at radius 1 is 0.781 bits per heavy atom. The normalized spacial score (nSPS) is 32.2. The summed E-state index contributed by atoms with van der Waals surface area (Å²) in [6.07, 6.45) is -10.2. The van der Waals surface area contributed by atoms with Gasteiger partial charge in [0.1, 0.15) is 53.9 Å². The van der Waals surface area contributed by atoms with Gasteiger partial charge in [-0.3, -0.25) is 0 Å². The number of hydrogen-bond donors (Lipinski definition) is 9. The van der Waals surface area contributed by atoms with Gasteiger partial charge in [0.15, 0.2) is 11.5 Å². The summed E-state index contributed by atoms with van der Waals surface area (Å²) in [7, 11) is 0. The van der Waals surface area contributed by atoms with E-state index in [2.05, 4.69) is 0 Å². The van der Waals surface area contributed by atoms with Crippen LogP contribution in [0, 0.1) is 0 Å². The van der Waals surface area contributed by atoms with Crippen LogP contribution in [0.25, 0.3) is 0 Å². The highest BCUT2D eigenvalue weighted by molar-refractivity contribution is 5.59. The van der Waals surface area contributed by atoms with Gasteiger partial charge in [0.05, 0.1) is 18.3 Å². The van der Waals surface area contributed by atoms with Gasteiger partial charge in [-0.2, -0.15) is 0 Å². The van der Waals surface area contributed by atoms with Gasteiger partial charge in [-0.05, 0) is 17.7 Å². The molecule has 0 aliphatic carbocycles. The van der Waals surface area contributed by atoms with E-state index in [1.165, 1.54) is 18.2 Å². The van der Waals surface area contributed by atoms with E-state index in [0.29, 0.717) is 0 Å². The fourth-order valence-electron chi connectivity index (χ4n) is 4.17. The maximum absolute atomic E-state index is 10.6. The third-order valence-electron chi connectivity index (χ3n) is 5.89. The minimum atomic E-state index is -1.72. The molecule has 4 rings (SSSR count). The molecule has 0 bridgehead atoms. The molecule has 0 saturated carbocycles. The molecule has 0 spiro atoms. The molecule has 1 fully saturated rings. The van der Waals surface area contributed by atoms with Crippen molar-refractivity contribution in [1.29, 1.82) is 0 Å². The molecule has 0 aromatic heterocycles. The molecule has 0 amide bonds. The van der Waals surface area contributed by atoms with E-state index in [1.54, 1.807) is 0 Å². The van der Waals surface area contributed by atoms with Crippen molar-refractivity contribution in [1.82, 2.24) is 0 Å². The van der Waals surface area contributed by atoms with Gasteiger partial charge in [-0.15, -0.1) is 0 Å². The average Bonchev–Trinajstić information content (AvgIpc) is 2.75. The molecule has 1 saturated heterocycles. The maximum Gasteiger partial charge on any atom is 0.157 e. The number of phenolic OH excluding ortho intramolecular Hbond substituents is 4. The van der Waals surface area contributed by atoms with Crippen molar-refractivity contribution in [2.24, 2.45) is 0 Å². The first-order valence-corrected chi connectivity index (χ1v) is 9.88. The summed E-state index contributed by atoms with van der Waals surface area (Å²) in [4.78, 5) is 0. The Kier molecular flexibility index (Phi) is 5.79. The van der Waals surface area contributed by atoms with E-state index in [9.17, 15) is 46.0 Å². The van der Waals surface area contributed by atoms with Crippen LogP contribution in [0.15, 0.2) is 24.3 Å². The number of phenols is 4. The summed E-state index contributed by atoms with van der Waals surface area (Å²) in [6, 6.07) is 4.77. The quantitative estimate of drug-likeness (QED) is 0.260. The summed E-state index contributed by atoms with van der Waals surface area (Å²) in [5.41, 5.74) is 0.220. The van der Waals surface area contributed by atoms with Gasteiger partial charge in [-0.1, -0.05) is 6.07 Å². The Balaban J connectivity index is 1.80. The fraction of sp³-hybridized carbons (Fsp3) is 0.429. The number of aliphatic hydroxyl groups is 5. The highest BCUT2D eigenvalue weighted by Crippen LogP contribution is 2.50. The van der Waals surface area contributed by atoms with Crippen molar-refractivity contribution >= 4 is 0 Å². The van der Waals surface area contributed by atoms with Crippen LogP contribution in [0.4, 0.5) is 0 Å². The number of fused-ring (bicyclic) bond motifs is 1. The summed E-state index contributed by atoms with van der Waals surface area (Å²) in [5, 5.41) is 91.0. The molecule has 2 aliphatic rings. The van der Waals surface area contributed by atoms with Crippen molar-refractivity contribution in [2.75, 3.05) is 6.61 Å². The van der Waals surface area contributed by atoms with Crippen LogP contribution in [0.2, 0.25) is 0 Å². The average molecular weight is 452 g/mol. The molecular formula is C21H24O11. The summed E-state index contributed by atoms with van der Waals surface area (Å²) < 4.78 is 11.4. The van der Waals surface area contributed by atoms with Crippen LogP contribution >= 0.6 is 0 Å². The lowest BCUT2D eigenvalue weighted by Crippen LogP contribution is -2.55. The van der Waals surface area contributed by atoms with E-state index < -0.39 is 66.6 Å². The Hall–Kier alpha value is -2.80. The number of rotatable bonds is 3. The Morgan fingerprint density at radius 3 is 2.16 bits per heavy atom. The van der Waals surface area contributed by atoms with E-state index in [-0.39, 0.29) is 34.6 Å². The van der Waals surface area contributed by atoms with Gasteiger partial charge in [0.25, 0.3) is 0 Å². The Labute approximate surface area is 181 Å². The van der Waals surface area contributed by atoms with Crippen LogP contribution in [-0.2, 0) is 11.2 Å². The number of aromatic hydroxyl groups is 4. The molecule has 7 atom stereocenters. The summed E-state index contributed by atoms with van der Waals surface area (Å²) in [6.45, 7) is -0.683. The lowest BCUT2D eigenvalue weighted by molar-refractivity contribution is -0.232. The SMILES string of the molecule is OC[C@H]1O[C@@H](c2c(O)cc(O)c3c2O[C@H](c2ccc(O)c(O)c2)[C@@H](O)C3)[C@H](O)[C@@H](O)[C@H]1O. The smallest absolute Gasteiger partial charge is 0.157 e. The second-order valence-electron chi connectivity index (χ2n) is 7.94. The van der Waals surface area contributed by atoms with Gasteiger partial charge in [-0.25, -0.2) is 0 Å². The Bertz CT molecular complexity index is 1010. The highest BCUT2D eigenvalue weighted by atomic mass is 16.5. The lowest BCUT2D eigenvalue weighted by atomic mass is 9.86. The fourth-order valence-corrected chi connectivity index (χ4v) is 4.17. The third kappa shape index (κ3) is 3.58. The first-order valence-electron chi connectivity index (χ1n) is 9.88. The van der Waals surface area contributed by atoms with Crippen molar-refractivity contribution in [3.63, 3.8) is 0 Å². The second-order valence-corrected chi connectivity index (χ2v) is 7.94. The van der Waals surface area contributed by atoms with Crippen molar-refractivity contribution in [3.8, 4) is 28.7 Å². The van der Waals surface area contributed by atoms with Crippen LogP contribution in [0.5, 0.6) is 28.7 Å². The first kappa shape index (κ1) is 22.4. The molecule has 9 N–H and O–H groups in total. The van der Waals surface area contributed by atoms with E-state index in [4.69, 9.17) is 9.47 Å². The molecule has 174 valence electrons. The minimum Gasteiger partial charge on any atom is -0.507 e. The molecule has 2 aromatic rings. The van der Waals surface area contributed by atoms with Crippen molar-refractivity contribution in [3.05, 3.63) is 41.0 Å². The zero-order valence-corrected chi connectivity index (χ0v) is 16.6. The monoisotopic (exact) mass is 452 g/mol. The van der Waals surface area contributed by atoms with Crippen LogP contribution in [0.3, 0.4) is 0 Å². The summed E-state index contributed by atoms with van der Waals surface area (Å²) >= 11 is 0. The van der Waals surface area contributed by atoms with E-state index >= 15 is 0 Å². The highest BCUT2D eigenvalue weighted by Gasteiger charge is 2.47. The third-order valence-corrected chi connectivity index (χ3v) is 5.89. The standard InChI is InChI=1S/C21H24O11/c22-6-14-16(28)17(29)18(30)21(31-14)15-12(26)5-10(24)8-4-13(27)19(32-20(8)15)7-1-2-9(23)11(25)3-7/h1-3,5,13-14,16-19,21-30H,4,6H2/t13-,14+,16-,17-,18+,19+,21-/m0/s1. The number of aliphatic hydroxyl groups excluding tert-OH is 5. The number of ether oxygens (including phenoxy) is 2. The zero-order valence-electron chi connectivity index (χ0n) is 16.6. The molecule has 11 heteroatoms. The predicted octanol–water partition coefficient (Wildman–Crippen LogP) is -0.939. The molecule has 2 aromatic carbocycles. The molecule has 11 nitrogen and oxygen atoms in total. The second kappa shape index (κ2) is 8.28. The first-order chi connectivity index (χ1) is 15.1. The van der Waals surface area contributed by atoms with Gasteiger partial charge < -0.3 is 55.4 Å². The molecule has 0 radical (unpaired) electrons. The molecular weight excluding hydrogens is 428 g/mol. The van der Waals surface area contributed by atoms with Gasteiger partial charge in [0, 0.05) is 18.1 Å². The Morgan fingerprint density at radius 2 is 1.50 bits per heavy atom. The largest absolute Gasteiger partial charge is 0.507 e. The van der Waals surface area contributed by atoms with Crippen LogP contribution in [-0.4, -0.2) is 83.1 Å². The van der Waals surface area contributed by atoms with Gasteiger partial charge >= 0.3 is 0 Å². The van der Waals surface area contributed by atoms with Gasteiger partial charge in [0.2, 0.25) is 0 Å². The number of hydrogen-bond acceptors (Lipinski definition) is 11. The van der Waals surface area contributed by atoms with Crippen molar-refractivity contribution in [2.45, 2.75) is 49.1 Å².